The third-order valence-corrected chi connectivity index (χ3v) is 15.6. The van der Waals surface area contributed by atoms with Gasteiger partial charge in [0.15, 0.2) is 6.29 Å². The molecule has 0 aromatic carbocycles. The van der Waals surface area contributed by atoms with Gasteiger partial charge in [-0.05, 0) is 19.3 Å². The molecule has 0 saturated carbocycles. The van der Waals surface area contributed by atoms with E-state index < -0.39 is 49.5 Å². The van der Waals surface area contributed by atoms with Gasteiger partial charge in [-0.1, -0.05) is 315 Å². The predicted molar refractivity (Wildman–Crippen MR) is 304 cm³/mol. The highest BCUT2D eigenvalue weighted by Gasteiger charge is 2.44. The molecule has 428 valence electrons. The Bertz CT molecular complexity index is 1140. The van der Waals surface area contributed by atoms with Crippen molar-refractivity contribution in [2.24, 2.45) is 0 Å². The van der Waals surface area contributed by atoms with Crippen molar-refractivity contribution in [3.8, 4) is 0 Å². The molecule has 1 rings (SSSR count). The van der Waals surface area contributed by atoms with E-state index in [1.807, 2.05) is 6.08 Å². The molecule has 1 amide bonds. The number of rotatable bonds is 56. The second-order valence-electron chi connectivity index (χ2n) is 22.6. The van der Waals surface area contributed by atoms with Crippen molar-refractivity contribution in [2.45, 2.75) is 371 Å². The number of carbonyl (C=O) groups excluding carboxylic acids is 1. The highest BCUT2D eigenvalue weighted by molar-refractivity contribution is 5.76. The molecule has 0 bridgehead atoms. The third kappa shape index (κ3) is 42.1. The van der Waals surface area contributed by atoms with Crippen LogP contribution in [0.3, 0.4) is 0 Å². The summed E-state index contributed by atoms with van der Waals surface area (Å²) in [4.78, 5) is 13.1. The van der Waals surface area contributed by atoms with Crippen molar-refractivity contribution in [2.75, 3.05) is 13.2 Å². The highest BCUT2D eigenvalue weighted by atomic mass is 16.7. The van der Waals surface area contributed by atoms with Gasteiger partial charge in [0.1, 0.15) is 24.4 Å². The average molecular weight is 1020 g/mol. The molecule has 7 atom stereocenters. The maximum Gasteiger partial charge on any atom is 0.220 e. The molecule has 0 aromatic heterocycles. The molecule has 1 saturated heterocycles. The summed E-state index contributed by atoms with van der Waals surface area (Å²) in [5.41, 5.74) is 0. The normalized spacial score (nSPS) is 19.1. The maximum atomic E-state index is 13.1. The second kappa shape index (κ2) is 53.3. The van der Waals surface area contributed by atoms with Gasteiger partial charge in [-0.2, -0.15) is 0 Å². The number of aliphatic hydroxyl groups excluding tert-OH is 5. The summed E-state index contributed by atoms with van der Waals surface area (Å²) in [7, 11) is 0. The Morgan fingerprint density at radius 1 is 0.458 bits per heavy atom. The summed E-state index contributed by atoms with van der Waals surface area (Å²) in [5, 5.41) is 54.5. The monoisotopic (exact) mass is 1020 g/mol. The van der Waals surface area contributed by atoms with Crippen LogP contribution in [0.4, 0.5) is 0 Å². The van der Waals surface area contributed by atoms with Crippen molar-refractivity contribution in [1.29, 1.82) is 0 Å². The summed E-state index contributed by atoms with van der Waals surface area (Å²) < 4.78 is 11.3. The van der Waals surface area contributed by atoms with E-state index in [1.54, 1.807) is 6.08 Å². The largest absolute Gasteiger partial charge is 0.394 e. The molecule has 9 heteroatoms. The van der Waals surface area contributed by atoms with Crippen LogP contribution in [0.25, 0.3) is 0 Å². The first-order chi connectivity index (χ1) is 35.3. The molecule has 0 aromatic rings. The number of allylic oxidation sites excluding steroid dienone is 1. The zero-order valence-corrected chi connectivity index (χ0v) is 47.7. The summed E-state index contributed by atoms with van der Waals surface area (Å²) in [6.07, 6.45) is 60.2. The number of nitrogens with one attached hydrogen (secondary N) is 1. The van der Waals surface area contributed by atoms with E-state index in [1.165, 1.54) is 270 Å². The van der Waals surface area contributed by atoms with Gasteiger partial charge in [-0.25, -0.2) is 0 Å². The molecule has 0 aliphatic carbocycles. The number of unbranched alkanes of at least 4 members (excludes halogenated alkanes) is 46. The second-order valence-corrected chi connectivity index (χ2v) is 22.6. The summed E-state index contributed by atoms with van der Waals surface area (Å²) >= 11 is 0. The van der Waals surface area contributed by atoms with Crippen LogP contribution in [0.2, 0.25) is 0 Å². The Morgan fingerprint density at radius 2 is 0.764 bits per heavy atom. The van der Waals surface area contributed by atoms with E-state index in [4.69, 9.17) is 9.47 Å². The Balaban J connectivity index is 2.09. The van der Waals surface area contributed by atoms with E-state index >= 15 is 0 Å². The van der Waals surface area contributed by atoms with Crippen molar-refractivity contribution < 1.29 is 39.8 Å². The molecular weight excluding hydrogens is 899 g/mol. The number of amides is 1. The van der Waals surface area contributed by atoms with Crippen LogP contribution in [0.15, 0.2) is 12.2 Å². The Labute approximate surface area is 446 Å². The molecule has 0 radical (unpaired) electrons. The number of carbonyl (C=O) groups is 1. The van der Waals surface area contributed by atoms with Crippen molar-refractivity contribution in [3.05, 3.63) is 12.2 Å². The standard InChI is InChI=1S/C63H123NO8/c1-3-5-7-9-11-13-15-17-19-21-22-23-24-25-26-27-28-29-30-31-32-33-34-35-36-37-39-41-43-45-47-49-51-53-59(67)64-56(55-71-63-62(70)61(69)60(68)58(54-65)72-63)57(66)52-50-48-46-44-42-40-38-20-18-16-14-12-10-8-6-4-2/h50,52,56-58,60-63,65-66,68-70H,3-49,51,53-55H2,1-2H3,(H,64,67)/b52-50+. The Kier molecular flexibility index (Phi) is 51.1. The molecule has 0 spiro atoms. The van der Waals surface area contributed by atoms with Crippen molar-refractivity contribution in [3.63, 3.8) is 0 Å². The molecule has 1 heterocycles. The van der Waals surface area contributed by atoms with Gasteiger partial charge in [0.25, 0.3) is 0 Å². The number of hydrogen-bond acceptors (Lipinski definition) is 8. The van der Waals surface area contributed by atoms with E-state index in [9.17, 15) is 30.3 Å². The van der Waals surface area contributed by atoms with Crippen molar-refractivity contribution >= 4 is 5.91 Å². The summed E-state index contributed by atoms with van der Waals surface area (Å²) in [6, 6.07) is -0.800. The van der Waals surface area contributed by atoms with Crippen LogP contribution >= 0.6 is 0 Å². The molecular formula is C63H123NO8. The number of hydrogen-bond donors (Lipinski definition) is 6. The zero-order chi connectivity index (χ0) is 52.2. The van der Waals surface area contributed by atoms with Gasteiger partial charge in [0.05, 0.1) is 25.4 Å². The molecule has 1 aliphatic heterocycles. The maximum absolute atomic E-state index is 13.1. The molecule has 9 nitrogen and oxygen atoms in total. The lowest BCUT2D eigenvalue weighted by molar-refractivity contribution is -0.302. The first-order valence-electron chi connectivity index (χ1n) is 31.9. The molecule has 1 fully saturated rings. The predicted octanol–water partition coefficient (Wildman–Crippen LogP) is 16.4. The smallest absolute Gasteiger partial charge is 0.220 e. The zero-order valence-electron chi connectivity index (χ0n) is 47.7. The van der Waals surface area contributed by atoms with Crippen LogP contribution in [0.1, 0.15) is 328 Å². The van der Waals surface area contributed by atoms with E-state index in [-0.39, 0.29) is 12.5 Å². The fourth-order valence-corrected chi connectivity index (χ4v) is 10.6. The minimum absolute atomic E-state index is 0.169. The SMILES string of the molecule is CCCCCCCCCCCCCCCC/C=C/C(O)C(COC1OC(CO)C(O)C(O)C1O)NC(=O)CCCCCCCCCCCCCCCCCCCCCCCCCCCCCCCCCCC. The lowest BCUT2D eigenvalue weighted by Crippen LogP contribution is -2.60. The summed E-state index contributed by atoms with van der Waals surface area (Å²) in [5.74, 6) is -0.169. The topological polar surface area (TPSA) is 149 Å². The molecule has 7 unspecified atom stereocenters. The van der Waals surface area contributed by atoms with Gasteiger partial charge >= 0.3 is 0 Å². The van der Waals surface area contributed by atoms with Gasteiger partial charge in [0.2, 0.25) is 5.91 Å². The van der Waals surface area contributed by atoms with Gasteiger partial charge in [-0.15, -0.1) is 0 Å². The van der Waals surface area contributed by atoms with Gasteiger partial charge in [-0.3, -0.25) is 4.79 Å². The first kappa shape index (κ1) is 68.9. The number of aliphatic hydroxyl groups is 5. The summed E-state index contributed by atoms with van der Waals surface area (Å²) in [6.45, 7) is 3.82. The third-order valence-electron chi connectivity index (χ3n) is 15.6. The molecule has 6 N–H and O–H groups in total. The minimum Gasteiger partial charge on any atom is -0.394 e. The first-order valence-corrected chi connectivity index (χ1v) is 31.9. The van der Waals surface area contributed by atoms with Crippen molar-refractivity contribution in [1.82, 2.24) is 5.32 Å². The Hall–Kier alpha value is -1.07. The van der Waals surface area contributed by atoms with E-state index in [0.29, 0.717) is 6.42 Å². The molecule has 72 heavy (non-hydrogen) atoms. The van der Waals surface area contributed by atoms with E-state index in [0.717, 1.165) is 38.5 Å². The quantitative estimate of drug-likeness (QED) is 0.0261. The lowest BCUT2D eigenvalue weighted by Gasteiger charge is -2.40. The van der Waals surface area contributed by atoms with Gasteiger partial charge in [0, 0.05) is 6.42 Å². The number of ether oxygens (including phenoxy) is 2. The van der Waals surface area contributed by atoms with Crippen LogP contribution in [-0.2, 0) is 14.3 Å². The molecule has 1 aliphatic rings. The minimum atomic E-state index is -1.56. The fraction of sp³-hybridized carbons (Fsp3) is 0.952. The van der Waals surface area contributed by atoms with E-state index in [2.05, 4.69) is 19.2 Å². The fourth-order valence-electron chi connectivity index (χ4n) is 10.6. The Morgan fingerprint density at radius 3 is 1.08 bits per heavy atom. The highest BCUT2D eigenvalue weighted by Crippen LogP contribution is 2.23. The van der Waals surface area contributed by atoms with Crippen LogP contribution < -0.4 is 5.32 Å². The van der Waals surface area contributed by atoms with Gasteiger partial charge < -0.3 is 40.3 Å². The van der Waals surface area contributed by atoms with Crippen LogP contribution in [-0.4, -0.2) is 87.5 Å². The van der Waals surface area contributed by atoms with Crippen LogP contribution in [0.5, 0.6) is 0 Å². The average Bonchev–Trinajstić information content (AvgIpc) is 3.38. The lowest BCUT2D eigenvalue weighted by atomic mass is 9.99. The van der Waals surface area contributed by atoms with Crippen LogP contribution in [0, 0.1) is 0 Å².